The Morgan fingerprint density at radius 1 is 1.23 bits per heavy atom. The molecule has 0 unspecified atom stereocenters. The van der Waals surface area contributed by atoms with Crippen LogP contribution in [0.2, 0.25) is 0 Å². The lowest BCUT2D eigenvalue weighted by Crippen LogP contribution is -2.34. The van der Waals surface area contributed by atoms with Crippen molar-refractivity contribution >= 4 is 11.7 Å². The summed E-state index contributed by atoms with van der Waals surface area (Å²) in [7, 11) is 0. The number of aryl methyl sites for hydroxylation is 1. The van der Waals surface area contributed by atoms with Gasteiger partial charge in [0.05, 0.1) is 13.5 Å². The average molecular weight is 309 g/mol. The first-order chi connectivity index (χ1) is 10.6. The highest BCUT2D eigenvalue weighted by Gasteiger charge is 2.05. The van der Waals surface area contributed by atoms with Gasteiger partial charge in [-0.1, -0.05) is 12.1 Å². The van der Waals surface area contributed by atoms with Crippen molar-refractivity contribution in [3.05, 3.63) is 29.8 Å². The van der Waals surface area contributed by atoms with Gasteiger partial charge in [0.1, 0.15) is 18.2 Å². The minimum absolute atomic E-state index is 0.0221. The molecule has 0 fully saturated rings. The minimum atomic E-state index is -0.232. The zero-order chi connectivity index (χ0) is 16.2. The summed E-state index contributed by atoms with van der Waals surface area (Å²) in [4.78, 5) is 11.7. The number of phenolic OH excluding ortho intramolecular Hbond substituents is 1. The monoisotopic (exact) mass is 309 g/mol. The van der Waals surface area contributed by atoms with Crippen LogP contribution in [0.5, 0.6) is 5.75 Å². The van der Waals surface area contributed by atoms with Gasteiger partial charge in [0.15, 0.2) is 0 Å². The Morgan fingerprint density at radius 3 is 2.59 bits per heavy atom. The zero-order valence-electron chi connectivity index (χ0n) is 12.7. The van der Waals surface area contributed by atoms with Crippen molar-refractivity contribution in [3.8, 4) is 5.75 Å². The topological polar surface area (TPSA) is 104 Å². The number of amides is 1. The summed E-state index contributed by atoms with van der Waals surface area (Å²) in [6.07, 6.45) is 0.825. The molecule has 1 aromatic carbocycles. The van der Waals surface area contributed by atoms with Gasteiger partial charge in [-0.3, -0.25) is 15.5 Å². The Morgan fingerprint density at radius 2 is 1.91 bits per heavy atom. The highest BCUT2D eigenvalue weighted by molar-refractivity contribution is 5.97. The van der Waals surface area contributed by atoms with Gasteiger partial charge >= 0.3 is 0 Å². The van der Waals surface area contributed by atoms with Gasteiger partial charge in [0.2, 0.25) is 5.91 Å². The summed E-state index contributed by atoms with van der Waals surface area (Å²) in [5.74, 6) is -0.0112. The summed E-state index contributed by atoms with van der Waals surface area (Å²) in [5, 5.41) is 22.1. The molecule has 7 heteroatoms. The third-order valence-corrected chi connectivity index (χ3v) is 2.73. The molecular weight excluding hydrogens is 286 g/mol. The van der Waals surface area contributed by atoms with Crippen LogP contribution in [0.25, 0.3) is 0 Å². The quantitative estimate of drug-likeness (QED) is 0.223. The number of nitrogens with one attached hydrogen (secondary N) is 3. The third-order valence-electron chi connectivity index (χ3n) is 2.73. The van der Waals surface area contributed by atoms with E-state index >= 15 is 0 Å². The second-order valence-electron chi connectivity index (χ2n) is 4.57. The van der Waals surface area contributed by atoms with Crippen molar-refractivity contribution in [2.24, 2.45) is 0 Å². The second kappa shape index (κ2) is 10.7. The molecule has 1 aromatic rings. The lowest BCUT2D eigenvalue weighted by Gasteiger charge is -2.09. The molecule has 4 N–H and O–H groups in total. The lowest BCUT2D eigenvalue weighted by molar-refractivity contribution is -0.119. The number of benzene rings is 1. The number of rotatable bonds is 10. The van der Waals surface area contributed by atoms with Crippen LogP contribution in [-0.2, 0) is 20.7 Å². The van der Waals surface area contributed by atoms with E-state index in [1.54, 1.807) is 24.3 Å². The van der Waals surface area contributed by atoms with E-state index in [0.717, 1.165) is 5.56 Å². The van der Waals surface area contributed by atoms with Crippen molar-refractivity contribution < 1.29 is 19.4 Å². The van der Waals surface area contributed by atoms with E-state index in [-0.39, 0.29) is 37.3 Å². The van der Waals surface area contributed by atoms with Gasteiger partial charge < -0.3 is 19.9 Å². The highest BCUT2D eigenvalue weighted by Crippen LogP contribution is 2.10. The van der Waals surface area contributed by atoms with Gasteiger partial charge in [0, 0.05) is 13.0 Å². The largest absolute Gasteiger partial charge is 0.508 e. The molecule has 0 atom stereocenters. The summed E-state index contributed by atoms with van der Waals surface area (Å²) in [5.41, 5.74) is 0.954. The number of amidine groups is 1. The van der Waals surface area contributed by atoms with E-state index in [2.05, 4.69) is 10.6 Å². The first-order valence-electron chi connectivity index (χ1n) is 7.13. The SMILES string of the molecule is CCOCNCOCC(=N)NC(=O)CCc1ccc(O)cc1. The maximum atomic E-state index is 11.7. The zero-order valence-corrected chi connectivity index (χ0v) is 12.7. The van der Waals surface area contributed by atoms with E-state index in [1.165, 1.54) is 0 Å². The van der Waals surface area contributed by atoms with Crippen LogP contribution in [-0.4, -0.2) is 43.5 Å². The van der Waals surface area contributed by atoms with E-state index in [0.29, 0.717) is 19.8 Å². The first-order valence-corrected chi connectivity index (χ1v) is 7.13. The van der Waals surface area contributed by atoms with Crippen LogP contribution in [0.15, 0.2) is 24.3 Å². The lowest BCUT2D eigenvalue weighted by atomic mass is 10.1. The van der Waals surface area contributed by atoms with Gasteiger partial charge in [-0.15, -0.1) is 0 Å². The van der Waals surface area contributed by atoms with Crippen LogP contribution in [0.3, 0.4) is 0 Å². The highest BCUT2D eigenvalue weighted by atomic mass is 16.5. The molecule has 0 spiro atoms. The predicted molar refractivity (Wildman–Crippen MR) is 82.7 cm³/mol. The van der Waals surface area contributed by atoms with Crippen molar-refractivity contribution in [1.82, 2.24) is 10.6 Å². The number of carbonyl (C=O) groups is 1. The van der Waals surface area contributed by atoms with Crippen LogP contribution in [0.4, 0.5) is 0 Å². The number of phenols is 1. The molecule has 0 aliphatic rings. The van der Waals surface area contributed by atoms with Crippen LogP contribution >= 0.6 is 0 Å². The van der Waals surface area contributed by atoms with E-state index in [1.807, 2.05) is 6.92 Å². The number of ether oxygens (including phenoxy) is 2. The van der Waals surface area contributed by atoms with Crippen molar-refractivity contribution in [1.29, 1.82) is 5.41 Å². The maximum Gasteiger partial charge on any atom is 0.225 e. The summed E-state index contributed by atoms with van der Waals surface area (Å²) < 4.78 is 10.2. The summed E-state index contributed by atoms with van der Waals surface area (Å²) in [6, 6.07) is 6.69. The molecule has 0 saturated carbocycles. The van der Waals surface area contributed by atoms with Crippen molar-refractivity contribution in [3.63, 3.8) is 0 Å². The van der Waals surface area contributed by atoms with Gasteiger partial charge in [-0.2, -0.15) is 0 Å². The normalized spacial score (nSPS) is 10.4. The number of aromatic hydroxyl groups is 1. The minimum Gasteiger partial charge on any atom is -0.508 e. The second-order valence-corrected chi connectivity index (χ2v) is 4.57. The van der Waals surface area contributed by atoms with Crippen LogP contribution in [0.1, 0.15) is 18.9 Å². The summed E-state index contributed by atoms with van der Waals surface area (Å²) >= 11 is 0. The van der Waals surface area contributed by atoms with E-state index < -0.39 is 0 Å². The molecule has 0 bridgehead atoms. The Bertz CT molecular complexity index is 462. The molecule has 0 heterocycles. The summed E-state index contributed by atoms with van der Waals surface area (Å²) in [6.45, 7) is 3.20. The molecule has 0 aromatic heterocycles. The molecule has 1 rings (SSSR count). The fraction of sp³-hybridized carbons (Fsp3) is 0.467. The molecule has 22 heavy (non-hydrogen) atoms. The van der Waals surface area contributed by atoms with Crippen LogP contribution in [0, 0.1) is 5.41 Å². The van der Waals surface area contributed by atoms with Gasteiger partial charge in [-0.05, 0) is 31.0 Å². The molecule has 0 radical (unpaired) electrons. The Kier molecular flexibility index (Phi) is 8.82. The average Bonchev–Trinajstić information content (AvgIpc) is 2.50. The van der Waals surface area contributed by atoms with Crippen molar-refractivity contribution in [2.75, 3.05) is 26.7 Å². The van der Waals surface area contributed by atoms with E-state index in [4.69, 9.17) is 20.0 Å². The molecule has 0 aliphatic carbocycles. The third kappa shape index (κ3) is 8.35. The van der Waals surface area contributed by atoms with Crippen molar-refractivity contribution in [2.45, 2.75) is 19.8 Å². The van der Waals surface area contributed by atoms with Crippen LogP contribution < -0.4 is 10.6 Å². The molecule has 122 valence electrons. The first kappa shape index (κ1) is 18.1. The molecule has 0 aliphatic heterocycles. The standard InChI is InChI=1S/C15H23N3O4/c1-2-21-10-17-11-22-9-14(16)18-15(20)8-5-12-3-6-13(19)7-4-12/h3-4,6-7,17,19H,2,5,8-11H2,1H3,(H2,16,18,20). The number of carbonyl (C=O) groups excluding carboxylic acids is 1. The Labute approximate surface area is 130 Å². The Balaban J connectivity index is 2.10. The molecule has 0 saturated heterocycles. The predicted octanol–water partition coefficient (Wildman–Crippen LogP) is 0.976. The fourth-order valence-electron chi connectivity index (χ4n) is 1.63. The van der Waals surface area contributed by atoms with Gasteiger partial charge in [-0.25, -0.2) is 0 Å². The molecule has 1 amide bonds. The van der Waals surface area contributed by atoms with E-state index in [9.17, 15) is 4.79 Å². The smallest absolute Gasteiger partial charge is 0.225 e. The Hall–Kier alpha value is -1.96. The maximum absolute atomic E-state index is 11.7. The fourth-order valence-corrected chi connectivity index (χ4v) is 1.63. The number of hydrogen-bond acceptors (Lipinski definition) is 6. The number of hydrogen-bond donors (Lipinski definition) is 4. The molecular formula is C15H23N3O4. The van der Waals surface area contributed by atoms with Gasteiger partial charge in [0.25, 0.3) is 0 Å². The molecule has 7 nitrogen and oxygen atoms in total.